The number of hydrogen-bond donors (Lipinski definition) is 7. The molecule has 492 valence electrons. The van der Waals surface area contributed by atoms with Crippen molar-refractivity contribution in [3.63, 3.8) is 0 Å². The predicted octanol–water partition coefficient (Wildman–Crippen LogP) is 6.59. The number of ether oxygens (including phenoxy) is 6. The van der Waals surface area contributed by atoms with Crippen molar-refractivity contribution >= 4 is 121 Å². The zero-order chi connectivity index (χ0) is 66.3. The number of halogens is 5. The minimum absolute atomic E-state index is 0.00617. The quantitative estimate of drug-likeness (QED) is 0.0163. The van der Waals surface area contributed by atoms with Crippen LogP contribution in [0.3, 0.4) is 0 Å². The molecule has 7 amide bonds. The Kier molecular flexibility index (Phi) is 27.4. The van der Waals surface area contributed by atoms with Crippen LogP contribution in [0.15, 0.2) is 48.1 Å². The number of allylic oxidation sites excluding steroid dienone is 3. The van der Waals surface area contributed by atoms with Gasteiger partial charge in [-0.15, -0.1) is 0 Å². The third-order valence-electron chi connectivity index (χ3n) is 16.1. The first kappa shape index (κ1) is 74.0. The zero-order valence-corrected chi connectivity index (χ0v) is 56.1. The van der Waals surface area contributed by atoms with E-state index in [1.54, 1.807) is 58.1 Å². The van der Waals surface area contributed by atoms with Crippen LogP contribution in [0.25, 0.3) is 0 Å². The molecule has 3 heterocycles. The molecular formula is C60H81Br2Cl2FN8O16. The number of nitrogens with zero attached hydrogens (tertiary/aromatic N) is 2. The summed E-state index contributed by atoms with van der Waals surface area (Å²) in [4.78, 5) is 122. The molecule has 2 aromatic rings. The minimum atomic E-state index is -1.95. The number of fused-ring (bicyclic) bond motifs is 5. The van der Waals surface area contributed by atoms with E-state index in [-0.39, 0.29) is 64.6 Å². The van der Waals surface area contributed by atoms with E-state index in [0.717, 1.165) is 22.6 Å². The van der Waals surface area contributed by atoms with Crippen LogP contribution >= 0.6 is 55.1 Å². The van der Waals surface area contributed by atoms with Gasteiger partial charge in [0.1, 0.15) is 64.5 Å². The molecule has 89 heavy (non-hydrogen) atoms. The van der Waals surface area contributed by atoms with Gasteiger partial charge in [-0.05, 0) is 95.0 Å². The molecule has 3 aliphatic rings. The summed E-state index contributed by atoms with van der Waals surface area (Å²) in [6.45, 7) is 10.2. The zero-order valence-electron chi connectivity index (χ0n) is 51.4. The van der Waals surface area contributed by atoms with Crippen molar-refractivity contribution in [1.29, 1.82) is 0 Å². The van der Waals surface area contributed by atoms with E-state index in [0.29, 0.717) is 43.8 Å². The van der Waals surface area contributed by atoms with E-state index in [9.17, 15) is 48.3 Å². The van der Waals surface area contributed by atoms with Gasteiger partial charge >= 0.3 is 18.1 Å². The van der Waals surface area contributed by atoms with Crippen molar-refractivity contribution in [2.45, 2.75) is 158 Å². The number of esters is 1. The third-order valence-corrected chi connectivity index (χ3v) is 18.7. The third kappa shape index (κ3) is 19.2. The number of rotatable bonds is 27. The Labute approximate surface area is 544 Å². The SMILES string of the molecule is COc1cc2cc(c1Cl)N(C)C(=O)C[C@H](OC(=O)[C@H](C)N(C)C(=O)c1cc(F)c(NC(=O)[C@H](CCCNC(N)=O)NC(=O)[C@@H](NC(C=O)CCCCOC(C=O)(CBr)CBr)C(C)C)cc1Cl)[C@]1(C)O[C@H]1[C@H](C)[C@@H]1C[C@@](O)(NC(=O)O1)[C@H](OC)/C=C/C=C(\C)C2. The van der Waals surface area contributed by atoms with Crippen LogP contribution in [-0.2, 0) is 58.9 Å². The van der Waals surface area contributed by atoms with Crippen LogP contribution in [0, 0.1) is 17.7 Å². The molecule has 0 spiro atoms. The molecule has 2 aromatic carbocycles. The maximum Gasteiger partial charge on any atom is 0.409 e. The lowest BCUT2D eigenvalue weighted by Gasteiger charge is -2.42. The lowest BCUT2D eigenvalue weighted by molar-refractivity contribution is -0.158. The molecule has 11 atom stereocenters. The van der Waals surface area contributed by atoms with Crippen molar-refractivity contribution in [3.05, 3.63) is 75.1 Å². The number of nitrogens with one attached hydrogen (secondary N) is 5. The topological polar surface area (TPSA) is 325 Å². The number of likely N-dealkylation sites (N-methyl/N-ethyl adjacent to an activating group) is 1. The summed E-state index contributed by atoms with van der Waals surface area (Å²) >= 11 is 20.1. The van der Waals surface area contributed by atoms with Gasteiger partial charge in [0.25, 0.3) is 5.91 Å². The molecule has 29 heteroatoms. The summed E-state index contributed by atoms with van der Waals surface area (Å²) in [7, 11) is 5.54. The van der Waals surface area contributed by atoms with Gasteiger partial charge in [0.15, 0.2) is 12.0 Å². The van der Waals surface area contributed by atoms with E-state index in [1.807, 2.05) is 6.92 Å². The highest BCUT2D eigenvalue weighted by atomic mass is 79.9. The number of carbonyl (C=O) groups excluding carboxylic acids is 9. The molecule has 8 N–H and O–H groups in total. The molecule has 24 nitrogen and oxygen atoms in total. The molecular weight excluding hydrogens is 1340 g/mol. The summed E-state index contributed by atoms with van der Waals surface area (Å²) in [6, 6.07) is -0.248. The molecule has 5 rings (SSSR count). The molecule has 0 saturated carbocycles. The number of anilines is 2. The van der Waals surface area contributed by atoms with E-state index < -0.39 is 143 Å². The number of alkyl carbamates (subject to hydrolysis) is 1. The van der Waals surface area contributed by atoms with Gasteiger partial charge in [-0.3, -0.25) is 29.8 Å². The number of primary amides is 1. The van der Waals surface area contributed by atoms with Crippen molar-refractivity contribution in [3.8, 4) is 5.75 Å². The maximum atomic E-state index is 16.2. The molecule has 1 unspecified atom stereocenters. The number of amides is 7. The van der Waals surface area contributed by atoms with Crippen LogP contribution in [-0.4, -0.2) is 182 Å². The smallest absolute Gasteiger partial charge is 0.409 e. The number of aldehydes is 2. The molecule has 4 bridgehead atoms. The van der Waals surface area contributed by atoms with Crippen LogP contribution in [0.5, 0.6) is 5.75 Å². The van der Waals surface area contributed by atoms with Gasteiger partial charge in [-0.2, -0.15) is 0 Å². The Morgan fingerprint density at radius 2 is 1.74 bits per heavy atom. The van der Waals surface area contributed by atoms with E-state index in [2.05, 4.69) is 58.4 Å². The number of benzene rings is 2. The number of carbonyl (C=O) groups is 9. The summed E-state index contributed by atoms with van der Waals surface area (Å²) < 4.78 is 51.4. The number of methoxy groups -OCH3 is 2. The second kappa shape index (κ2) is 33.0. The second-order valence-electron chi connectivity index (χ2n) is 23.0. The fourth-order valence-electron chi connectivity index (χ4n) is 10.4. The largest absolute Gasteiger partial charge is 0.495 e. The van der Waals surface area contributed by atoms with E-state index >= 15 is 4.39 Å². The van der Waals surface area contributed by atoms with Crippen LogP contribution in [0.2, 0.25) is 10.0 Å². The number of alkyl halides is 2. The fourth-order valence-corrected chi connectivity index (χ4v) is 12.5. The van der Waals surface area contributed by atoms with Gasteiger partial charge in [0.05, 0.1) is 53.7 Å². The highest BCUT2D eigenvalue weighted by Crippen LogP contribution is 2.49. The highest BCUT2D eigenvalue weighted by molar-refractivity contribution is 9.10. The average molecular weight is 1420 g/mol. The van der Waals surface area contributed by atoms with Crippen molar-refractivity contribution in [2.75, 3.05) is 62.3 Å². The van der Waals surface area contributed by atoms with Gasteiger partial charge < -0.3 is 74.6 Å². The van der Waals surface area contributed by atoms with Crippen molar-refractivity contribution in [2.24, 2.45) is 17.6 Å². The lowest BCUT2D eigenvalue weighted by atomic mass is 9.83. The predicted molar refractivity (Wildman–Crippen MR) is 337 cm³/mol. The molecule has 2 saturated heterocycles. The van der Waals surface area contributed by atoms with Gasteiger partial charge in [-0.1, -0.05) is 99.6 Å². The lowest BCUT2D eigenvalue weighted by Crippen LogP contribution is -2.63. The first-order valence-electron chi connectivity index (χ1n) is 28.9. The first-order valence-corrected chi connectivity index (χ1v) is 31.9. The van der Waals surface area contributed by atoms with Crippen molar-refractivity contribution < 1.29 is 81.1 Å². The Hall–Kier alpha value is -5.78. The van der Waals surface area contributed by atoms with E-state index in [1.165, 1.54) is 40.1 Å². The Morgan fingerprint density at radius 1 is 1.04 bits per heavy atom. The van der Waals surface area contributed by atoms with Crippen molar-refractivity contribution in [1.82, 2.24) is 26.2 Å². The van der Waals surface area contributed by atoms with Gasteiger partial charge in [-0.25, -0.2) is 18.8 Å². The Morgan fingerprint density at radius 3 is 2.36 bits per heavy atom. The number of nitrogens with two attached hydrogens (primary N) is 1. The molecule has 0 radical (unpaired) electrons. The number of hydrogen-bond acceptors (Lipinski definition) is 17. The Bertz CT molecular complexity index is 2980. The number of aliphatic hydroxyl groups is 1. The van der Waals surface area contributed by atoms with E-state index in [4.69, 9.17) is 57.4 Å². The standard InChI is InChI=1S/C60H81Br2Cl2FN8O16/c1-32(2)50(68-37(28-74)16-11-12-20-86-59(29-61,30-62)31-75)53(78)69-41(17-14-19-67-56(66)81)52(77)70-42-25-39(63)38(24-40(42)65)54(79)72(7)35(5)55(80)88-47-26-48(76)73(8)43-22-36(23-44(84-9)49(43)64)21-33(3)15-13-18-46(85-10)60(83)27-45(87-57(82)71-60)34(4)51-58(47,6)89-51/h13,15,18,22-25,28,31-32,34-35,37,41,45-47,50-51,68,83H,11-12,14,16-17,19-21,26-27,29-30H2,1-10H3,(H,69,78)(H,70,77)(H,71,82)(H3,66,67,81)/b18-13+,33-15+/t34-,35+,37?,41+,45+,46-,47+,50+,51+,58+,60+/m1/s1. The Balaban J connectivity index is 1.36. The minimum Gasteiger partial charge on any atom is -0.495 e. The molecule has 2 fully saturated rings. The summed E-state index contributed by atoms with van der Waals surface area (Å²) in [5.74, 6) is -6.11. The summed E-state index contributed by atoms with van der Waals surface area (Å²) in [6.07, 6.45) is 2.28. The summed E-state index contributed by atoms with van der Waals surface area (Å²) in [5.41, 5.74) is 1.72. The maximum absolute atomic E-state index is 16.2. The van der Waals surface area contributed by atoms with Gasteiger partial charge in [0, 0.05) is 57.4 Å². The van der Waals surface area contributed by atoms with Crippen LogP contribution in [0.1, 0.15) is 102 Å². The molecule has 0 aliphatic carbocycles. The van der Waals surface area contributed by atoms with Gasteiger partial charge in [0.2, 0.25) is 17.7 Å². The second-order valence-corrected chi connectivity index (χ2v) is 24.9. The number of unbranched alkanes of at least 4 members (excludes halogenated alkanes) is 1. The molecule has 0 aromatic heterocycles. The summed E-state index contributed by atoms with van der Waals surface area (Å²) in [5, 5.41) is 25.3. The monoisotopic (exact) mass is 1420 g/mol. The number of epoxide rings is 1. The van der Waals surface area contributed by atoms with Crippen LogP contribution in [0.4, 0.5) is 25.4 Å². The average Bonchev–Trinajstić information content (AvgIpc) is 1.75. The molecule has 3 aliphatic heterocycles. The fraction of sp³-hybridized carbons (Fsp3) is 0.583. The number of urea groups is 1. The first-order chi connectivity index (χ1) is 41.9. The van der Waals surface area contributed by atoms with Crippen LogP contribution < -0.4 is 42.0 Å². The normalized spacial score (nSPS) is 24.4. The highest BCUT2D eigenvalue weighted by Gasteiger charge is 2.64.